The lowest BCUT2D eigenvalue weighted by Gasteiger charge is -2.29. The van der Waals surface area contributed by atoms with Crippen LogP contribution in [0, 0.1) is 0 Å². The van der Waals surface area contributed by atoms with Crippen molar-refractivity contribution in [3.05, 3.63) is 35.4 Å². The van der Waals surface area contributed by atoms with Crippen molar-refractivity contribution in [3.63, 3.8) is 0 Å². The zero-order valence-electron chi connectivity index (χ0n) is 8.07. The van der Waals surface area contributed by atoms with Gasteiger partial charge in [-0.15, -0.1) is 0 Å². The Morgan fingerprint density at radius 1 is 1.21 bits per heavy atom. The average molecular weight is 187 g/mol. The van der Waals surface area contributed by atoms with Crippen molar-refractivity contribution in [2.75, 3.05) is 6.54 Å². The summed E-state index contributed by atoms with van der Waals surface area (Å²) in [7, 11) is 0. The van der Waals surface area contributed by atoms with Crippen molar-refractivity contribution in [2.45, 2.75) is 25.4 Å². The van der Waals surface area contributed by atoms with Crippen molar-refractivity contribution in [3.8, 4) is 0 Å². The molecule has 0 aliphatic carbocycles. The molecular weight excluding hydrogens is 174 g/mol. The highest BCUT2D eigenvalue weighted by Gasteiger charge is 2.35. The normalized spacial score (nSPS) is 26.0. The molecule has 2 nitrogen and oxygen atoms in total. The molecule has 72 valence electrons. The fourth-order valence-electron chi connectivity index (χ4n) is 2.55. The zero-order valence-corrected chi connectivity index (χ0v) is 8.07. The fraction of sp³-hybridized carbons (Fsp3) is 0.417. The van der Waals surface area contributed by atoms with Crippen LogP contribution in [0.15, 0.2) is 24.3 Å². The van der Waals surface area contributed by atoms with E-state index in [1.54, 1.807) is 0 Å². The second-order valence-electron chi connectivity index (χ2n) is 4.18. The van der Waals surface area contributed by atoms with Gasteiger partial charge in [0.05, 0.1) is 6.04 Å². The Kier molecular flexibility index (Phi) is 1.71. The van der Waals surface area contributed by atoms with Crippen LogP contribution in [0.4, 0.5) is 0 Å². The van der Waals surface area contributed by atoms with E-state index in [1.165, 1.54) is 11.1 Å². The highest BCUT2D eigenvalue weighted by atomic mass is 16.1. The molecule has 0 amide bonds. The van der Waals surface area contributed by atoms with E-state index in [-0.39, 0.29) is 6.04 Å². The third kappa shape index (κ3) is 1.11. The minimum Gasteiger partial charge on any atom is -0.298 e. The minimum absolute atomic E-state index is 0.185. The van der Waals surface area contributed by atoms with Crippen molar-refractivity contribution in [1.29, 1.82) is 0 Å². The molecule has 1 unspecified atom stereocenters. The molecule has 1 fully saturated rings. The third-order valence-electron chi connectivity index (χ3n) is 3.36. The number of hydrogen-bond acceptors (Lipinski definition) is 2. The van der Waals surface area contributed by atoms with Crippen LogP contribution in [0.2, 0.25) is 0 Å². The molecule has 0 bridgehead atoms. The molecule has 0 aromatic heterocycles. The Balaban J connectivity index is 1.99. The average Bonchev–Trinajstić information content (AvgIpc) is 2.57. The van der Waals surface area contributed by atoms with Crippen molar-refractivity contribution in [1.82, 2.24) is 4.90 Å². The van der Waals surface area contributed by atoms with E-state index in [1.807, 2.05) is 0 Å². The third-order valence-corrected chi connectivity index (χ3v) is 3.36. The summed E-state index contributed by atoms with van der Waals surface area (Å²) in [6.07, 6.45) is 1.67. The molecule has 0 spiro atoms. The van der Waals surface area contributed by atoms with Gasteiger partial charge in [-0.1, -0.05) is 24.3 Å². The van der Waals surface area contributed by atoms with Gasteiger partial charge in [0, 0.05) is 19.5 Å². The van der Waals surface area contributed by atoms with Gasteiger partial charge >= 0.3 is 0 Å². The molecule has 1 atom stereocenters. The summed E-state index contributed by atoms with van der Waals surface area (Å²) >= 11 is 0. The predicted molar refractivity (Wildman–Crippen MR) is 54.0 cm³/mol. The number of ketones is 1. The molecule has 2 aliphatic rings. The van der Waals surface area contributed by atoms with Crippen molar-refractivity contribution < 1.29 is 4.79 Å². The Morgan fingerprint density at radius 3 is 2.86 bits per heavy atom. The highest BCUT2D eigenvalue weighted by molar-refractivity contribution is 5.86. The first kappa shape index (κ1) is 8.18. The maximum atomic E-state index is 11.6. The van der Waals surface area contributed by atoms with Crippen LogP contribution in [0.5, 0.6) is 0 Å². The van der Waals surface area contributed by atoms with E-state index in [4.69, 9.17) is 0 Å². The Hall–Kier alpha value is -1.15. The first-order valence-corrected chi connectivity index (χ1v) is 5.18. The van der Waals surface area contributed by atoms with E-state index in [9.17, 15) is 4.79 Å². The van der Waals surface area contributed by atoms with E-state index in [0.717, 1.165) is 25.9 Å². The molecule has 14 heavy (non-hydrogen) atoms. The number of fused-ring (bicyclic) bond motifs is 2. The molecule has 2 heteroatoms. The summed E-state index contributed by atoms with van der Waals surface area (Å²) < 4.78 is 0. The topological polar surface area (TPSA) is 20.3 Å². The lowest BCUT2D eigenvalue weighted by molar-refractivity contribution is -0.120. The zero-order chi connectivity index (χ0) is 9.54. The van der Waals surface area contributed by atoms with Gasteiger partial charge in [-0.25, -0.2) is 0 Å². The Labute approximate surface area is 83.5 Å². The predicted octanol–water partition coefficient (Wildman–Crippen LogP) is 1.39. The van der Waals surface area contributed by atoms with Crippen LogP contribution in [-0.4, -0.2) is 23.3 Å². The molecule has 0 saturated carbocycles. The van der Waals surface area contributed by atoms with Gasteiger partial charge in [-0.2, -0.15) is 0 Å². The summed E-state index contributed by atoms with van der Waals surface area (Å²) in [5.41, 5.74) is 2.77. The second kappa shape index (κ2) is 2.92. The number of carbonyl (C=O) groups excluding carboxylic acids is 1. The summed E-state index contributed by atoms with van der Waals surface area (Å²) in [5.74, 6) is 0.430. The van der Waals surface area contributed by atoms with Crippen LogP contribution in [0.1, 0.15) is 17.5 Å². The van der Waals surface area contributed by atoms with Gasteiger partial charge in [-0.05, 0) is 17.5 Å². The lowest BCUT2D eigenvalue weighted by atomic mass is 9.94. The van der Waals surface area contributed by atoms with Gasteiger partial charge in [0.25, 0.3) is 0 Å². The first-order valence-electron chi connectivity index (χ1n) is 5.18. The van der Waals surface area contributed by atoms with Gasteiger partial charge in [0.1, 0.15) is 0 Å². The quantitative estimate of drug-likeness (QED) is 0.611. The van der Waals surface area contributed by atoms with E-state index in [0.29, 0.717) is 5.78 Å². The maximum absolute atomic E-state index is 11.6. The number of carbonyl (C=O) groups is 1. The maximum Gasteiger partial charge on any atom is 0.151 e. The Morgan fingerprint density at radius 2 is 2.00 bits per heavy atom. The molecule has 1 aromatic rings. The fourth-order valence-corrected chi connectivity index (χ4v) is 2.55. The summed E-state index contributed by atoms with van der Waals surface area (Å²) in [6.45, 7) is 1.92. The summed E-state index contributed by atoms with van der Waals surface area (Å²) in [6, 6.07) is 8.65. The van der Waals surface area contributed by atoms with E-state index in [2.05, 4.69) is 29.2 Å². The molecule has 1 aromatic carbocycles. The van der Waals surface area contributed by atoms with Crippen LogP contribution in [0.25, 0.3) is 0 Å². The van der Waals surface area contributed by atoms with Crippen LogP contribution in [-0.2, 0) is 17.8 Å². The number of benzene rings is 1. The SMILES string of the molecule is O=C1CCN2Cc3ccccc3CC12. The minimum atomic E-state index is 0.185. The highest BCUT2D eigenvalue weighted by Crippen LogP contribution is 2.27. The van der Waals surface area contributed by atoms with E-state index >= 15 is 0 Å². The monoisotopic (exact) mass is 187 g/mol. The molecule has 2 heterocycles. The van der Waals surface area contributed by atoms with Gasteiger partial charge in [-0.3, -0.25) is 9.69 Å². The second-order valence-corrected chi connectivity index (χ2v) is 4.18. The first-order chi connectivity index (χ1) is 6.84. The van der Waals surface area contributed by atoms with Crippen LogP contribution >= 0.6 is 0 Å². The van der Waals surface area contributed by atoms with E-state index < -0.39 is 0 Å². The largest absolute Gasteiger partial charge is 0.298 e. The molecule has 0 radical (unpaired) electrons. The number of Topliss-reactive ketones (excluding diaryl/α,β-unsaturated/α-hetero) is 1. The van der Waals surface area contributed by atoms with Crippen LogP contribution < -0.4 is 0 Å². The van der Waals surface area contributed by atoms with Gasteiger partial charge in [0.2, 0.25) is 0 Å². The summed E-state index contributed by atoms with van der Waals surface area (Å²) in [4.78, 5) is 13.9. The molecule has 2 aliphatic heterocycles. The molecule has 3 rings (SSSR count). The number of nitrogens with zero attached hydrogens (tertiary/aromatic N) is 1. The molecular formula is C12H13NO. The smallest absolute Gasteiger partial charge is 0.151 e. The number of rotatable bonds is 0. The van der Waals surface area contributed by atoms with Crippen molar-refractivity contribution >= 4 is 5.78 Å². The standard InChI is InChI=1S/C12H13NO/c14-12-5-6-13-8-10-4-2-1-3-9(10)7-11(12)13/h1-4,11H,5-8H2. The Bertz CT molecular complexity index is 386. The number of hydrogen-bond donors (Lipinski definition) is 0. The van der Waals surface area contributed by atoms with Crippen molar-refractivity contribution in [2.24, 2.45) is 0 Å². The summed E-state index contributed by atoms with van der Waals surface area (Å²) in [5, 5.41) is 0. The van der Waals surface area contributed by atoms with Gasteiger partial charge < -0.3 is 0 Å². The van der Waals surface area contributed by atoms with Crippen LogP contribution in [0.3, 0.4) is 0 Å². The lowest BCUT2D eigenvalue weighted by Crippen LogP contribution is -2.38. The molecule has 1 saturated heterocycles. The van der Waals surface area contributed by atoms with Gasteiger partial charge in [0.15, 0.2) is 5.78 Å². The molecule has 0 N–H and O–H groups in total.